The minimum atomic E-state index is 0.0123. The highest BCUT2D eigenvalue weighted by Crippen LogP contribution is 1.83. The van der Waals surface area contributed by atoms with Crippen molar-refractivity contribution in [2.24, 2.45) is 5.11 Å². The maximum Gasteiger partial charge on any atom is 0.229 e. The lowest BCUT2D eigenvalue weighted by atomic mass is 10.6. The summed E-state index contributed by atoms with van der Waals surface area (Å²) in [6.45, 7) is 3.65. The van der Waals surface area contributed by atoms with Crippen molar-refractivity contribution in [2.45, 2.75) is 0 Å². The predicted molar refractivity (Wildman–Crippen MR) is 78.4 cm³/mol. The summed E-state index contributed by atoms with van der Waals surface area (Å²) in [5.74, 6) is 0.0123. The fourth-order valence-corrected chi connectivity index (χ4v) is 1.27. The Labute approximate surface area is 125 Å². The first kappa shape index (κ1) is 18.4. The second kappa shape index (κ2) is 15.4. The molecule has 0 aromatic carbocycles. The van der Waals surface area contributed by atoms with Gasteiger partial charge in [0, 0.05) is 18.0 Å². The first-order valence-electron chi connectivity index (χ1n) is 5.88. The van der Waals surface area contributed by atoms with Gasteiger partial charge in [0.1, 0.15) is 0 Å². The van der Waals surface area contributed by atoms with E-state index in [-0.39, 0.29) is 5.91 Å². The summed E-state index contributed by atoms with van der Waals surface area (Å²) in [4.78, 5) is 13.5. The van der Waals surface area contributed by atoms with Crippen molar-refractivity contribution in [2.75, 3.05) is 57.2 Å². The van der Waals surface area contributed by atoms with Crippen molar-refractivity contribution in [3.63, 3.8) is 0 Å². The Morgan fingerprint density at radius 3 is 2.26 bits per heavy atom. The summed E-state index contributed by atoms with van der Waals surface area (Å²) in [5.41, 5.74) is 8.01. The second-order valence-electron chi connectivity index (χ2n) is 3.28. The molecule has 19 heavy (non-hydrogen) atoms. The minimum Gasteiger partial charge on any atom is -0.379 e. The third-order valence-electron chi connectivity index (χ3n) is 1.83. The van der Waals surface area contributed by atoms with Gasteiger partial charge in [0.15, 0.2) is 0 Å². The molecule has 1 amide bonds. The maximum absolute atomic E-state index is 10.9. The SMILES string of the molecule is [N-]=[N+]=NCCOCCOCCOCCNC(=O)CI. The first-order chi connectivity index (χ1) is 9.31. The highest BCUT2D eigenvalue weighted by Gasteiger charge is 1.96. The normalized spacial score (nSPS) is 9.95. The monoisotopic (exact) mass is 386 g/mol. The topological polar surface area (TPSA) is 106 Å². The molecule has 0 fully saturated rings. The third kappa shape index (κ3) is 15.3. The number of hydrogen-bond acceptors (Lipinski definition) is 5. The maximum atomic E-state index is 10.9. The standard InChI is InChI=1S/C10H19IN4O4/c11-9-10(16)13-1-3-17-5-7-19-8-6-18-4-2-14-15-12/h1-9H2,(H,13,16). The Balaban J connectivity index is 3.02. The van der Waals surface area contributed by atoms with E-state index in [0.29, 0.717) is 57.2 Å². The van der Waals surface area contributed by atoms with Crippen molar-refractivity contribution in [3.05, 3.63) is 10.4 Å². The molecule has 110 valence electrons. The second-order valence-corrected chi connectivity index (χ2v) is 4.04. The molecule has 0 aromatic heterocycles. The van der Waals surface area contributed by atoms with Crippen molar-refractivity contribution in [1.82, 2.24) is 5.32 Å². The molecule has 0 aromatic rings. The van der Waals surface area contributed by atoms with E-state index in [1.54, 1.807) is 0 Å². The Bertz CT molecular complexity index is 274. The largest absolute Gasteiger partial charge is 0.379 e. The van der Waals surface area contributed by atoms with Gasteiger partial charge in [-0.15, -0.1) is 0 Å². The van der Waals surface area contributed by atoms with Crippen LogP contribution in [0, 0.1) is 0 Å². The van der Waals surface area contributed by atoms with Crippen molar-refractivity contribution in [1.29, 1.82) is 0 Å². The summed E-state index contributed by atoms with van der Waals surface area (Å²) < 4.78 is 16.1. The highest BCUT2D eigenvalue weighted by atomic mass is 127. The van der Waals surface area contributed by atoms with Crippen LogP contribution in [0.15, 0.2) is 5.11 Å². The first-order valence-corrected chi connectivity index (χ1v) is 7.40. The zero-order chi connectivity index (χ0) is 14.2. The summed E-state index contributed by atoms with van der Waals surface area (Å²) >= 11 is 2.00. The van der Waals surface area contributed by atoms with Crippen LogP contribution in [0.4, 0.5) is 0 Å². The van der Waals surface area contributed by atoms with E-state index in [1.807, 2.05) is 22.6 Å². The van der Waals surface area contributed by atoms with Crippen LogP contribution < -0.4 is 5.32 Å². The van der Waals surface area contributed by atoms with Crippen molar-refractivity contribution in [3.8, 4) is 0 Å². The molecule has 0 aliphatic rings. The number of alkyl halides is 1. The zero-order valence-corrected chi connectivity index (χ0v) is 12.9. The Hall–Kier alpha value is -0.610. The lowest BCUT2D eigenvalue weighted by molar-refractivity contribution is -0.118. The predicted octanol–water partition coefficient (Wildman–Crippen LogP) is 0.898. The van der Waals surface area contributed by atoms with E-state index in [9.17, 15) is 4.79 Å². The summed E-state index contributed by atoms with van der Waals surface area (Å²) in [6, 6.07) is 0. The number of hydrogen-bond donors (Lipinski definition) is 1. The van der Waals surface area contributed by atoms with Gasteiger partial charge in [-0.1, -0.05) is 27.7 Å². The van der Waals surface area contributed by atoms with E-state index < -0.39 is 0 Å². The van der Waals surface area contributed by atoms with E-state index in [4.69, 9.17) is 19.7 Å². The molecule has 8 nitrogen and oxygen atoms in total. The van der Waals surface area contributed by atoms with E-state index in [1.165, 1.54) is 0 Å². The summed E-state index contributed by atoms with van der Waals surface area (Å²) in [7, 11) is 0. The fraction of sp³-hybridized carbons (Fsp3) is 0.900. The summed E-state index contributed by atoms with van der Waals surface area (Å²) in [6.07, 6.45) is 0. The molecule has 0 rings (SSSR count). The molecular formula is C10H19IN4O4. The van der Waals surface area contributed by atoms with Gasteiger partial charge in [-0.25, -0.2) is 0 Å². The van der Waals surface area contributed by atoms with Crippen molar-refractivity contribution < 1.29 is 19.0 Å². The molecule has 0 atom stereocenters. The number of amides is 1. The molecule has 9 heteroatoms. The third-order valence-corrected chi connectivity index (χ3v) is 2.53. The molecule has 0 saturated heterocycles. The summed E-state index contributed by atoms with van der Waals surface area (Å²) in [5, 5.41) is 6.03. The number of carbonyl (C=O) groups excluding carboxylic acids is 1. The van der Waals surface area contributed by atoms with Gasteiger partial charge in [-0.05, 0) is 5.53 Å². The molecule has 0 unspecified atom stereocenters. The Morgan fingerprint density at radius 2 is 1.68 bits per heavy atom. The minimum absolute atomic E-state index is 0.0123. The fourth-order valence-electron chi connectivity index (χ4n) is 1.00. The number of halogens is 1. The Morgan fingerprint density at radius 1 is 1.11 bits per heavy atom. The van der Waals surface area contributed by atoms with Crippen LogP contribution in [0.5, 0.6) is 0 Å². The van der Waals surface area contributed by atoms with Crippen molar-refractivity contribution >= 4 is 28.5 Å². The van der Waals surface area contributed by atoms with Gasteiger partial charge < -0.3 is 19.5 Å². The molecule has 0 aliphatic heterocycles. The van der Waals surface area contributed by atoms with Gasteiger partial charge in [0.05, 0.1) is 44.1 Å². The van der Waals surface area contributed by atoms with Gasteiger partial charge in [0.2, 0.25) is 5.91 Å². The molecule has 0 spiro atoms. The van der Waals surface area contributed by atoms with E-state index in [0.717, 1.165) is 0 Å². The molecule has 0 aliphatic carbocycles. The molecule has 0 radical (unpaired) electrons. The molecule has 0 heterocycles. The lowest BCUT2D eigenvalue weighted by Gasteiger charge is -2.06. The number of carbonyl (C=O) groups is 1. The average Bonchev–Trinajstić information content (AvgIpc) is 2.43. The molecule has 0 saturated carbocycles. The van der Waals surface area contributed by atoms with Gasteiger partial charge in [-0.3, -0.25) is 4.79 Å². The average molecular weight is 386 g/mol. The smallest absolute Gasteiger partial charge is 0.229 e. The van der Waals surface area contributed by atoms with Crippen LogP contribution in [0.25, 0.3) is 10.4 Å². The van der Waals surface area contributed by atoms with Crippen LogP contribution >= 0.6 is 22.6 Å². The van der Waals surface area contributed by atoms with Gasteiger partial charge in [-0.2, -0.15) is 0 Å². The van der Waals surface area contributed by atoms with Crippen LogP contribution in [-0.2, 0) is 19.0 Å². The zero-order valence-electron chi connectivity index (χ0n) is 10.7. The quantitative estimate of drug-likeness (QED) is 0.127. The van der Waals surface area contributed by atoms with Crippen LogP contribution in [0.2, 0.25) is 0 Å². The lowest BCUT2D eigenvalue weighted by Crippen LogP contribution is -2.28. The molecule has 1 N–H and O–H groups in total. The van der Waals surface area contributed by atoms with Crippen LogP contribution in [0.3, 0.4) is 0 Å². The van der Waals surface area contributed by atoms with E-state index in [2.05, 4.69) is 15.3 Å². The molecular weight excluding hydrogens is 367 g/mol. The number of azide groups is 1. The number of nitrogens with one attached hydrogen (secondary N) is 1. The number of ether oxygens (including phenoxy) is 3. The van der Waals surface area contributed by atoms with E-state index >= 15 is 0 Å². The van der Waals surface area contributed by atoms with Crippen LogP contribution in [0.1, 0.15) is 0 Å². The van der Waals surface area contributed by atoms with Gasteiger partial charge in [0.25, 0.3) is 0 Å². The Kier molecular flexibility index (Phi) is 15.0. The molecule has 0 bridgehead atoms. The van der Waals surface area contributed by atoms with Gasteiger partial charge >= 0.3 is 0 Å². The van der Waals surface area contributed by atoms with Crippen LogP contribution in [-0.4, -0.2) is 63.1 Å². The number of nitrogens with zero attached hydrogens (tertiary/aromatic N) is 3. The number of rotatable bonds is 13. The highest BCUT2D eigenvalue weighted by molar-refractivity contribution is 14.1.